The number of amides is 3. The van der Waals surface area contributed by atoms with E-state index in [4.69, 9.17) is 0 Å². The lowest BCUT2D eigenvalue weighted by molar-refractivity contribution is -0.144. The average Bonchev–Trinajstić information content (AvgIpc) is 3.41. The van der Waals surface area contributed by atoms with Crippen molar-refractivity contribution >= 4 is 17.7 Å². The van der Waals surface area contributed by atoms with Crippen LogP contribution in [0.25, 0.3) is 0 Å². The Bertz CT molecular complexity index is 700. The summed E-state index contributed by atoms with van der Waals surface area (Å²) in [4.78, 5) is 46.4. The number of rotatable bonds is 4. The molecule has 0 aromatic rings. The van der Waals surface area contributed by atoms with Gasteiger partial charge in [-0.2, -0.15) is 0 Å². The molecule has 3 amide bonds. The second-order valence-electron chi connectivity index (χ2n) is 9.05. The van der Waals surface area contributed by atoms with E-state index in [0.717, 1.165) is 63.6 Å². The predicted molar refractivity (Wildman–Crippen MR) is 110 cm³/mol. The van der Waals surface area contributed by atoms with Crippen LogP contribution >= 0.6 is 0 Å². The van der Waals surface area contributed by atoms with Gasteiger partial charge in [0.15, 0.2) is 0 Å². The monoisotopic (exact) mass is 402 g/mol. The summed E-state index contributed by atoms with van der Waals surface area (Å²) in [7, 11) is 0. The lowest BCUT2D eigenvalue weighted by atomic mass is 9.97. The van der Waals surface area contributed by atoms with Crippen molar-refractivity contribution in [1.82, 2.24) is 19.6 Å². The van der Waals surface area contributed by atoms with Crippen LogP contribution in [-0.2, 0) is 14.4 Å². The van der Waals surface area contributed by atoms with Crippen molar-refractivity contribution in [2.45, 2.75) is 83.5 Å². The van der Waals surface area contributed by atoms with Crippen molar-refractivity contribution in [1.29, 1.82) is 0 Å². The van der Waals surface area contributed by atoms with E-state index in [1.807, 2.05) is 27.8 Å². The first kappa shape index (κ1) is 20.2. The number of hydrogen-bond acceptors (Lipinski definition) is 4. The number of fused-ring (bicyclic) bond motifs is 1. The molecule has 0 saturated carbocycles. The van der Waals surface area contributed by atoms with Crippen LogP contribution in [0, 0.1) is 0 Å². The molecule has 0 spiro atoms. The number of carbonyl (C=O) groups excluding carboxylic acids is 3. The average molecular weight is 403 g/mol. The molecule has 4 rings (SSSR count). The van der Waals surface area contributed by atoms with Crippen molar-refractivity contribution in [2.75, 3.05) is 26.2 Å². The maximum atomic E-state index is 13.0. The maximum Gasteiger partial charge on any atom is 0.252 e. The summed E-state index contributed by atoms with van der Waals surface area (Å²) in [6.07, 6.45) is 9.31. The third-order valence-electron chi connectivity index (χ3n) is 7.05. The van der Waals surface area contributed by atoms with Gasteiger partial charge in [0.1, 0.15) is 12.2 Å². The van der Waals surface area contributed by atoms with E-state index in [1.165, 1.54) is 0 Å². The fraction of sp³-hybridized carbons (Fsp3) is 0.773. The van der Waals surface area contributed by atoms with Gasteiger partial charge >= 0.3 is 0 Å². The van der Waals surface area contributed by atoms with E-state index >= 15 is 0 Å². The van der Waals surface area contributed by atoms with Gasteiger partial charge in [-0.15, -0.1) is 0 Å². The van der Waals surface area contributed by atoms with E-state index in [2.05, 4.69) is 11.8 Å². The number of nitrogens with zero attached hydrogens (tertiary/aromatic N) is 4. The number of hydrogen-bond donors (Lipinski definition) is 0. The summed E-state index contributed by atoms with van der Waals surface area (Å²) in [5.41, 5.74) is 0.741. The van der Waals surface area contributed by atoms with E-state index in [1.54, 1.807) is 0 Å². The third kappa shape index (κ3) is 3.88. The summed E-state index contributed by atoms with van der Waals surface area (Å²) < 4.78 is 0. The summed E-state index contributed by atoms with van der Waals surface area (Å²) in [6.45, 7) is 6.92. The number of likely N-dealkylation sites (tertiary alicyclic amines) is 2. The smallest absolute Gasteiger partial charge is 0.252 e. The van der Waals surface area contributed by atoms with Gasteiger partial charge in [-0.1, -0.05) is 0 Å². The molecule has 3 saturated heterocycles. The highest BCUT2D eigenvalue weighted by Gasteiger charge is 2.40. The van der Waals surface area contributed by atoms with Crippen LogP contribution in [0.5, 0.6) is 0 Å². The lowest BCUT2D eigenvalue weighted by Crippen LogP contribution is -2.58. The summed E-state index contributed by atoms with van der Waals surface area (Å²) in [5.74, 6) is 0.332. The van der Waals surface area contributed by atoms with E-state index in [0.29, 0.717) is 19.5 Å². The molecule has 1 unspecified atom stereocenters. The van der Waals surface area contributed by atoms with Crippen molar-refractivity contribution in [3.05, 3.63) is 11.8 Å². The molecule has 0 aromatic heterocycles. The zero-order chi connectivity index (χ0) is 20.5. The molecule has 0 bridgehead atoms. The first-order chi connectivity index (χ1) is 14.0. The highest BCUT2D eigenvalue weighted by atomic mass is 16.2. The molecule has 0 radical (unpaired) electrons. The van der Waals surface area contributed by atoms with Gasteiger partial charge in [-0.25, -0.2) is 0 Å². The normalized spacial score (nSPS) is 29.9. The van der Waals surface area contributed by atoms with E-state index in [9.17, 15) is 14.4 Å². The van der Waals surface area contributed by atoms with Crippen molar-refractivity contribution < 1.29 is 14.4 Å². The SMILES string of the molecule is CC1=CN(CCC(=O)N2CCC[C@H]2C(=O)N2CCCC2)C2CCC[C@H](C)N2C1=O. The first-order valence-corrected chi connectivity index (χ1v) is 11.3. The molecular formula is C22H34N4O3. The van der Waals surface area contributed by atoms with Crippen LogP contribution in [0.1, 0.15) is 65.2 Å². The minimum Gasteiger partial charge on any atom is -0.356 e. The van der Waals surface area contributed by atoms with E-state index in [-0.39, 0.29) is 36.0 Å². The Morgan fingerprint density at radius 2 is 1.79 bits per heavy atom. The molecule has 4 aliphatic rings. The second kappa shape index (κ2) is 8.36. The Hall–Kier alpha value is -2.05. The largest absolute Gasteiger partial charge is 0.356 e. The molecular weight excluding hydrogens is 368 g/mol. The van der Waals surface area contributed by atoms with Gasteiger partial charge in [0, 0.05) is 50.4 Å². The molecule has 3 atom stereocenters. The molecule has 0 aromatic carbocycles. The molecule has 0 N–H and O–H groups in total. The second-order valence-corrected chi connectivity index (χ2v) is 9.05. The summed E-state index contributed by atoms with van der Waals surface area (Å²) in [5, 5.41) is 0. The molecule has 3 fully saturated rings. The highest BCUT2D eigenvalue weighted by Crippen LogP contribution is 2.31. The number of carbonyl (C=O) groups is 3. The van der Waals surface area contributed by atoms with Crippen LogP contribution in [-0.4, -0.2) is 81.7 Å². The van der Waals surface area contributed by atoms with Crippen molar-refractivity contribution in [3.63, 3.8) is 0 Å². The van der Waals surface area contributed by atoms with Crippen LogP contribution in [0.4, 0.5) is 0 Å². The molecule has 7 nitrogen and oxygen atoms in total. The predicted octanol–water partition coefficient (Wildman–Crippen LogP) is 1.94. The third-order valence-corrected chi connectivity index (χ3v) is 7.05. The molecule has 29 heavy (non-hydrogen) atoms. The van der Waals surface area contributed by atoms with Gasteiger partial charge in [-0.05, 0) is 58.8 Å². The highest BCUT2D eigenvalue weighted by molar-refractivity contribution is 5.94. The van der Waals surface area contributed by atoms with Crippen molar-refractivity contribution in [2.24, 2.45) is 0 Å². The van der Waals surface area contributed by atoms with Gasteiger partial charge in [0.05, 0.1) is 0 Å². The molecule has 4 heterocycles. The standard InChI is InChI=1S/C22H34N4O3/c1-16-15-24(19-9-5-7-17(2)26(19)21(16)28)14-10-20(27)25-13-6-8-18(25)22(29)23-11-3-4-12-23/h15,17-19H,3-14H2,1-2H3/t17-,18-,19?/m0/s1. The van der Waals surface area contributed by atoms with Gasteiger partial charge in [-0.3, -0.25) is 14.4 Å². The van der Waals surface area contributed by atoms with Crippen LogP contribution in [0.2, 0.25) is 0 Å². The quantitative estimate of drug-likeness (QED) is 0.721. The maximum absolute atomic E-state index is 13.0. The first-order valence-electron chi connectivity index (χ1n) is 11.3. The topological polar surface area (TPSA) is 64.2 Å². The molecule has 160 valence electrons. The Balaban J connectivity index is 1.39. The Kier molecular flexibility index (Phi) is 5.83. The zero-order valence-electron chi connectivity index (χ0n) is 17.8. The van der Waals surface area contributed by atoms with Crippen LogP contribution in [0.3, 0.4) is 0 Å². The Morgan fingerprint density at radius 3 is 2.55 bits per heavy atom. The molecule has 0 aliphatic carbocycles. The van der Waals surface area contributed by atoms with Crippen molar-refractivity contribution in [3.8, 4) is 0 Å². The van der Waals surface area contributed by atoms with Crippen LogP contribution in [0.15, 0.2) is 11.8 Å². The minimum absolute atomic E-state index is 0.0587. The van der Waals surface area contributed by atoms with Gasteiger partial charge in [0.25, 0.3) is 5.91 Å². The molecule has 4 aliphatic heterocycles. The summed E-state index contributed by atoms with van der Waals surface area (Å²) >= 11 is 0. The Labute approximate surface area is 173 Å². The van der Waals surface area contributed by atoms with Gasteiger partial charge < -0.3 is 19.6 Å². The Morgan fingerprint density at radius 1 is 1.03 bits per heavy atom. The van der Waals surface area contributed by atoms with Gasteiger partial charge in [0.2, 0.25) is 11.8 Å². The molecule has 7 heteroatoms. The number of piperidine rings is 1. The van der Waals surface area contributed by atoms with Crippen LogP contribution < -0.4 is 0 Å². The van der Waals surface area contributed by atoms with E-state index < -0.39 is 0 Å². The minimum atomic E-state index is -0.271. The lowest BCUT2D eigenvalue weighted by Gasteiger charge is -2.48. The fourth-order valence-corrected chi connectivity index (χ4v) is 5.47. The fourth-order valence-electron chi connectivity index (χ4n) is 5.47. The summed E-state index contributed by atoms with van der Waals surface area (Å²) in [6, 6.07) is -0.0313. The zero-order valence-corrected chi connectivity index (χ0v) is 17.8.